The van der Waals surface area contributed by atoms with Gasteiger partial charge in [-0.15, -0.1) is 23.1 Å². The van der Waals surface area contributed by atoms with Gasteiger partial charge in [-0.05, 0) is 29.2 Å². The molecule has 0 radical (unpaired) electrons. The van der Waals surface area contributed by atoms with Gasteiger partial charge in [-0.1, -0.05) is 6.07 Å². The first kappa shape index (κ1) is 10.8. The van der Waals surface area contributed by atoms with Gasteiger partial charge in [-0.3, -0.25) is 0 Å². The summed E-state index contributed by atoms with van der Waals surface area (Å²) in [5.74, 6) is 0.626. The highest BCUT2D eigenvalue weighted by atomic mass is 32.2. The number of hydrogen-bond donors (Lipinski definition) is 2. The molecular formula is C9H11N3S3. The van der Waals surface area contributed by atoms with E-state index in [1.54, 1.807) is 23.1 Å². The lowest BCUT2D eigenvalue weighted by molar-refractivity contribution is 1.19. The van der Waals surface area contributed by atoms with Crippen LogP contribution in [0.1, 0.15) is 4.88 Å². The van der Waals surface area contributed by atoms with Gasteiger partial charge in [-0.2, -0.15) is 4.37 Å². The molecule has 0 bridgehead atoms. The molecule has 2 rings (SSSR count). The highest BCUT2D eigenvalue weighted by Gasteiger charge is 2.09. The average molecular weight is 257 g/mol. The van der Waals surface area contributed by atoms with Gasteiger partial charge in [0.25, 0.3) is 0 Å². The molecule has 0 amide bonds. The molecule has 0 aliphatic carbocycles. The van der Waals surface area contributed by atoms with Gasteiger partial charge in [0.15, 0.2) is 5.82 Å². The number of rotatable bonds is 4. The molecule has 0 atom stereocenters. The third-order valence-corrected chi connectivity index (χ3v) is 4.53. The van der Waals surface area contributed by atoms with E-state index in [0.717, 1.165) is 16.4 Å². The van der Waals surface area contributed by atoms with Crippen molar-refractivity contribution in [1.29, 1.82) is 0 Å². The Balaban J connectivity index is 2.05. The number of hydrogen-bond acceptors (Lipinski definition) is 6. The maximum absolute atomic E-state index is 5.74. The predicted molar refractivity (Wildman–Crippen MR) is 70.0 cm³/mol. The summed E-state index contributed by atoms with van der Waals surface area (Å²) in [6.45, 7) is 0.840. The first-order valence-corrected chi connectivity index (χ1v) is 7.24. The van der Waals surface area contributed by atoms with Crippen molar-refractivity contribution in [1.82, 2.24) is 4.37 Å². The van der Waals surface area contributed by atoms with E-state index in [1.807, 2.05) is 6.26 Å². The number of anilines is 2. The summed E-state index contributed by atoms with van der Waals surface area (Å²) in [6.07, 6.45) is 2.01. The molecule has 0 aromatic carbocycles. The van der Waals surface area contributed by atoms with Crippen LogP contribution in [0.3, 0.4) is 0 Å². The van der Waals surface area contributed by atoms with Crippen LogP contribution >= 0.6 is 34.6 Å². The first-order chi connectivity index (χ1) is 7.31. The number of nitrogens with two attached hydrogens (primary N) is 1. The molecule has 6 heteroatoms. The maximum atomic E-state index is 5.74. The molecule has 0 aliphatic heterocycles. The summed E-state index contributed by atoms with van der Waals surface area (Å²) < 4.78 is 4.13. The van der Waals surface area contributed by atoms with Crippen molar-refractivity contribution in [2.75, 3.05) is 17.3 Å². The third-order valence-electron chi connectivity index (χ3n) is 1.88. The number of nitrogen functional groups attached to an aromatic ring is 1. The van der Waals surface area contributed by atoms with E-state index in [4.69, 9.17) is 5.73 Å². The molecule has 0 saturated carbocycles. The van der Waals surface area contributed by atoms with Crippen LogP contribution in [-0.2, 0) is 6.54 Å². The molecule has 3 nitrogen and oxygen atoms in total. The lowest BCUT2D eigenvalue weighted by Gasteiger charge is -2.03. The fourth-order valence-corrected chi connectivity index (χ4v) is 3.37. The Labute approximate surface area is 101 Å². The van der Waals surface area contributed by atoms with E-state index in [1.165, 1.54) is 16.4 Å². The Bertz CT molecular complexity index is 422. The molecule has 0 spiro atoms. The Morgan fingerprint density at radius 1 is 1.60 bits per heavy atom. The molecule has 0 fully saturated rings. The monoisotopic (exact) mass is 257 g/mol. The zero-order valence-corrected chi connectivity index (χ0v) is 10.6. The van der Waals surface area contributed by atoms with Crippen molar-refractivity contribution in [2.45, 2.75) is 11.4 Å². The fourth-order valence-electron chi connectivity index (χ4n) is 1.18. The standard InChI is InChI=1S/C9H11N3S3/c1-13-7-8(10)12-15-9(7)11-5-6-3-2-4-14-6/h2-4,11H,5H2,1H3,(H2,10,12). The molecule has 2 aromatic heterocycles. The number of aromatic nitrogens is 1. The van der Waals surface area contributed by atoms with E-state index in [-0.39, 0.29) is 0 Å². The lowest BCUT2D eigenvalue weighted by atomic mass is 10.4. The average Bonchev–Trinajstić information content (AvgIpc) is 2.84. The zero-order valence-electron chi connectivity index (χ0n) is 8.19. The van der Waals surface area contributed by atoms with Crippen LogP contribution in [0.4, 0.5) is 10.8 Å². The minimum atomic E-state index is 0.626. The van der Waals surface area contributed by atoms with E-state index in [0.29, 0.717) is 5.82 Å². The molecule has 3 N–H and O–H groups in total. The van der Waals surface area contributed by atoms with Gasteiger partial charge in [0.1, 0.15) is 5.00 Å². The van der Waals surface area contributed by atoms with Gasteiger partial charge >= 0.3 is 0 Å². The van der Waals surface area contributed by atoms with Crippen molar-refractivity contribution in [3.63, 3.8) is 0 Å². The second-order valence-corrected chi connectivity index (χ2v) is 5.49. The Hall–Kier alpha value is -0.720. The number of nitrogens with one attached hydrogen (secondary N) is 1. The van der Waals surface area contributed by atoms with Crippen molar-refractivity contribution in [2.24, 2.45) is 0 Å². The van der Waals surface area contributed by atoms with Crippen LogP contribution in [0.2, 0.25) is 0 Å². The fraction of sp³-hybridized carbons (Fsp3) is 0.222. The number of nitrogens with zero attached hydrogens (tertiary/aromatic N) is 1. The second-order valence-electron chi connectivity index (χ2n) is 2.86. The Morgan fingerprint density at radius 2 is 2.47 bits per heavy atom. The van der Waals surface area contributed by atoms with Crippen molar-refractivity contribution in [3.05, 3.63) is 22.4 Å². The molecule has 0 aliphatic rings. The number of thioether (sulfide) groups is 1. The molecular weight excluding hydrogens is 246 g/mol. The second kappa shape index (κ2) is 4.87. The van der Waals surface area contributed by atoms with E-state index in [9.17, 15) is 0 Å². The number of thiophene rings is 1. The van der Waals surface area contributed by atoms with Crippen LogP contribution in [0.25, 0.3) is 0 Å². The van der Waals surface area contributed by atoms with Crippen molar-refractivity contribution >= 4 is 45.5 Å². The summed E-state index contributed by atoms with van der Waals surface area (Å²) in [7, 11) is 0. The van der Waals surface area contributed by atoms with Crippen molar-refractivity contribution in [3.8, 4) is 0 Å². The molecule has 2 aromatic rings. The van der Waals surface area contributed by atoms with Gasteiger partial charge < -0.3 is 11.1 Å². The van der Waals surface area contributed by atoms with Gasteiger partial charge in [0.05, 0.1) is 11.4 Å². The quantitative estimate of drug-likeness (QED) is 0.826. The largest absolute Gasteiger partial charge is 0.382 e. The normalized spacial score (nSPS) is 10.5. The minimum absolute atomic E-state index is 0.626. The van der Waals surface area contributed by atoms with Gasteiger partial charge in [0.2, 0.25) is 0 Å². The van der Waals surface area contributed by atoms with Gasteiger partial charge in [0, 0.05) is 4.88 Å². The minimum Gasteiger partial charge on any atom is -0.382 e. The SMILES string of the molecule is CSc1c(N)nsc1NCc1cccs1. The van der Waals surface area contributed by atoms with Gasteiger partial charge in [-0.25, -0.2) is 0 Å². The molecule has 2 heterocycles. The first-order valence-electron chi connectivity index (χ1n) is 4.36. The lowest BCUT2D eigenvalue weighted by Crippen LogP contribution is -1.96. The summed E-state index contributed by atoms with van der Waals surface area (Å²) in [5, 5.41) is 6.49. The summed E-state index contributed by atoms with van der Waals surface area (Å²) >= 11 is 4.80. The molecule has 0 unspecified atom stereocenters. The van der Waals surface area contributed by atoms with E-state index in [2.05, 4.69) is 27.2 Å². The summed E-state index contributed by atoms with van der Waals surface area (Å²) in [4.78, 5) is 2.37. The van der Waals surface area contributed by atoms with E-state index < -0.39 is 0 Å². The maximum Gasteiger partial charge on any atom is 0.153 e. The highest BCUT2D eigenvalue weighted by Crippen LogP contribution is 2.34. The molecule has 0 saturated heterocycles. The van der Waals surface area contributed by atoms with Crippen molar-refractivity contribution < 1.29 is 0 Å². The summed E-state index contributed by atoms with van der Waals surface area (Å²) in [5.41, 5.74) is 5.74. The van der Waals surface area contributed by atoms with Crippen LogP contribution in [0, 0.1) is 0 Å². The summed E-state index contributed by atoms with van der Waals surface area (Å²) in [6, 6.07) is 4.17. The van der Waals surface area contributed by atoms with Crippen LogP contribution in [-0.4, -0.2) is 10.6 Å². The Kier molecular flexibility index (Phi) is 3.50. The molecule has 15 heavy (non-hydrogen) atoms. The third kappa shape index (κ3) is 2.45. The topological polar surface area (TPSA) is 50.9 Å². The van der Waals surface area contributed by atoms with E-state index >= 15 is 0 Å². The van der Waals surface area contributed by atoms with Crippen LogP contribution in [0.15, 0.2) is 22.4 Å². The molecule has 80 valence electrons. The Morgan fingerprint density at radius 3 is 3.13 bits per heavy atom. The highest BCUT2D eigenvalue weighted by molar-refractivity contribution is 7.99. The van der Waals surface area contributed by atoms with Crippen LogP contribution < -0.4 is 11.1 Å². The van der Waals surface area contributed by atoms with Crippen LogP contribution in [0.5, 0.6) is 0 Å². The predicted octanol–water partition coefficient (Wildman–Crippen LogP) is 3.12. The zero-order chi connectivity index (χ0) is 10.7. The smallest absolute Gasteiger partial charge is 0.153 e.